The number of ether oxygens (including phenoxy) is 1. The van der Waals surface area contributed by atoms with Gasteiger partial charge in [0.1, 0.15) is 0 Å². The predicted octanol–water partition coefficient (Wildman–Crippen LogP) is 3.56. The number of alkyl halides is 3. The van der Waals surface area contributed by atoms with Gasteiger partial charge in [0.2, 0.25) is 0 Å². The molecule has 1 fully saturated rings. The van der Waals surface area contributed by atoms with E-state index in [1.165, 1.54) is 12.1 Å². The van der Waals surface area contributed by atoms with Gasteiger partial charge in [-0.05, 0) is 38.0 Å². The quantitative estimate of drug-likeness (QED) is 0.919. The zero-order valence-corrected chi connectivity index (χ0v) is 11.0. The Morgan fingerprint density at radius 2 is 2.10 bits per heavy atom. The Balaban J connectivity index is 2.03. The van der Waals surface area contributed by atoms with E-state index in [-0.39, 0.29) is 17.7 Å². The van der Waals surface area contributed by atoms with Crippen LogP contribution in [0.25, 0.3) is 0 Å². The molecule has 6 heteroatoms. The van der Waals surface area contributed by atoms with Crippen molar-refractivity contribution in [2.45, 2.75) is 38.1 Å². The second-order valence-corrected chi connectivity index (χ2v) is 4.76. The highest BCUT2D eigenvalue weighted by molar-refractivity contribution is 5.54. The van der Waals surface area contributed by atoms with Gasteiger partial charge in [-0.2, -0.15) is 18.4 Å². The molecular formula is C14H15F3N2O. The molecule has 20 heavy (non-hydrogen) atoms. The van der Waals surface area contributed by atoms with Crippen LogP contribution in [0.2, 0.25) is 0 Å². The molecule has 1 aromatic rings. The van der Waals surface area contributed by atoms with E-state index in [0.29, 0.717) is 12.3 Å². The molecule has 1 aliphatic carbocycles. The molecule has 1 N–H and O–H groups in total. The molecule has 0 amide bonds. The molecule has 0 aliphatic heterocycles. The average Bonchev–Trinajstić information content (AvgIpc) is 2.34. The smallest absolute Gasteiger partial charge is 0.382 e. The number of anilines is 1. The van der Waals surface area contributed by atoms with Gasteiger partial charge in [0, 0.05) is 18.3 Å². The molecular weight excluding hydrogens is 269 g/mol. The summed E-state index contributed by atoms with van der Waals surface area (Å²) in [5, 5.41) is 11.9. The number of hydrogen-bond donors (Lipinski definition) is 1. The fourth-order valence-electron chi connectivity index (χ4n) is 2.26. The van der Waals surface area contributed by atoms with E-state index in [1.807, 2.05) is 6.92 Å². The second kappa shape index (κ2) is 5.71. The Morgan fingerprint density at radius 3 is 2.65 bits per heavy atom. The summed E-state index contributed by atoms with van der Waals surface area (Å²) in [7, 11) is 0. The molecule has 0 radical (unpaired) electrons. The standard InChI is InChI=1S/C14H15F3N2O/c1-2-20-12-6-11(7-12)19-10-3-4-13(14(15,16)17)9(5-10)8-18/h3-5,11-12,19H,2,6-7H2,1H3. The molecule has 1 aliphatic rings. The molecule has 0 spiro atoms. The van der Waals surface area contributed by atoms with Crippen molar-refractivity contribution in [3.63, 3.8) is 0 Å². The third kappa shape index (κ3) is 3.23. The molecule has 1 saturated carbocycles. The van der Waals surface area contributed by atoms with Crippen molar-refractivity contribution >= 4 is 5.69 Å². The fraction of sp³-hybridized carbons (Fsp3) is 0.500. The lowest BCUT2D eigenvalue weighted by atomic mass is 9.89. The van der Waals surface area contributed by atoms with Crippen molar-refractivity contribution in [1.82, 2.24) is 0 Å². The summed E-state index contributed by atoms with van der Waals surface area (Å²) < 4.78 is 43.4. The molecule has 108 valence electrons. The van der Waals surface area contributed by atoms with Gasteiger partial charge in [0.25, 0.3) is 0 Å². The summed E-state index contributed by atoms with van der Waals surface area (Å²) in [5.41, 5.74) is -0.718. The maximum Gasteiger partial charge on any atom is 0.417 e. The molecule has 0 aromatic heterocycles. The van der Waals surface area contributed by atoms with Crippen LogP contribution in [0.3, 0.4) is 0 Å². The highest BCUT2D eigenvalue weighted by Gasteiger charge is 2.34. The third-order valence-electron chi connectivity index (χ3n) is 3.31. The Hall–Kier alpha value is -1.74. The number of rotatable bonds is 4. The number of nitrogens with zero attached hydrogens (tertiary/aromatic N) is 1. The molecule has 0 saturated heterocycles. The summed E-state index contributed by atoms with van der Waals surface area (Å²) in [6, 6.07) is 5.34. The minimum atomic E-state index is -4.50. The van der Waals surface area contributed by atoms with Crippen LogP contribution >= 0.6 is 0 Å². The van der Waals surface area contributed by atoms with Gasteiger partial charge >= 0.3 is 6.18 Å². The number of benzene rings is 1. The Morgan fingerprint density at radius 1 is 1.40 bits per heavy atom. The van der Waals surface area contributed by atoms with E-state index < -0.39 is 11.7 Å². The van der Waals surface area contributed by atoms with Gasteiger partial charge in [0.05, 0.1) is 23.3 Å². The Bertz CT molecular complexity index is 516. The number of hydrogen-bond acceptors (Lipinski definition) is 3. The van der Waals surface area contributed by atoms with E-state index in [1.54, 1.807) is 6.07 Å². The van der Waals surface area contributed by atoms with Gasteiger partial charge in [-0.3, -0.25) is 0 Å². The highest BCUT2D eigenvalue weighted by atomic mass is 19.4. The lowest BCUT2D eigenvalue weighted by Gasteiger charge is -2.36. The summed E-state index contributed by atoms with van der Waals surface area (Å²) >= 11 is 0. The summed E-state index contributed by atoms with van der Waals surface area (Å²) in [5.74, 6) is 0. The fourth-order valence-corrected chi connectivity index (χ4v) is 2.26. The van der Waals surface area contributed by atoms with Crippen molar-refractivity contribution in [2.24, 2.45) is 0 Å². The Kier molecular flexibility index (Phi) is 4.19. The second-order valence-electron chi connectivity index (χ2n) is 4.76. The number of halogens is 3. The molecule has 0 bridgehead atoms. The zero-order valence-electron chi connectivity index (χ0n) is 11.0. The third-order valence-corrected chi connectivity index (χ3v) is 3.31. The zero-order chi connectivity index (χ0) is 14.8. The van der Waals surface area contributed by atoms with Gasteiger partial charge in [0.15, 0.2) is 0 Å². The van der Waals surface area contributed by atoms with Crippen LogP contribution in [0, 0.1) is 11.3 Å². The highest BCUT2D eigenvalue weighted by Crippen LogP contribution is 2.34. The topological polar surface area (TPSA) is 45.0 Å². The van der Waals surface area contributed by atoms with E-state index >= 15 is 0 Å². The average molecular weight is 284 g/mol. The summed E-state index contributed by atoms with van der Waals surface area (Å²) in [6.45, 7) is 2.59. The summed E-state index contributed by atoms with van der Waals surface area (Å²) in [4.78, 5) is 0. The van der Waals surface area contributed by atoms with Gasteiger partial charge in [-0.1, -0.05) is 0 Å². The van der Waals surface area contributed by atoms with Crippen LogP contribution in [0.4, 0.5) is 18.9 Å². The van der Waals surface area contributed by atoms with Crippen LogP contribution in [0.1, 0.15) is 30.9 Å². The van der Waals surface area contributed by atoms with E-state index in [0.717, 1.165) is 18.9 Å². The van der Waals surface area contributed by atoms with Crippen molar-refractivity contribution in [3.8, 4) is 6.07 Å². The number of nitrogens with one attached hydrogen (secondary N) is 1. The van der Waals surface area contributed by atoms with Crippen LogP contribution in [-0.2, 0) is 10.9 Å². The van der Waals surface area contributed by atoms with Gasteiger partial charge < -0.3 is 10.1 Å². The lowest BCUT2D eigenvalue weighted by Crippen LogP contribution is -2.40. The predicted molar refractivity (Wildman–Crippen MR) is 68.2 cm³/mol. The Labute approximate surface area is 115 Å². The SMILES string of the molecule is CCOC1CC(Nc2ccc(C(F)(F)F)c(C#N)c2)C1. The van der Waals surface area contributed by atoms with Crippen molar-refractivity contribution in [3.05, 3.63) is 29.3 Å². The largest absolute Gasteiger partial charge is 0.417 e. The van der Waals surface area contributed by atoms with E-state index in [9.17, 15) is 13.2 Å². The minimum Gasteiger partial charge on any atom is -0.382 e. The molecule has 2 rings (SSSR count). The van der Waals surface area contributed by atoms with Gasteiger partial charge in [-0.25, -0.2) is 0 Å². The van der Waals surface area contributed by atoms with Crippen LogP contribution < -0.4 is 5.32 Å². The monoisotopic (exact) mass is 284 g/mol. The summed E-state index contributed by atoms with van der Waals surface area (Å²) in [6.07, 6.45) is -2.62. The maximum absolute atomic E-state index is 12.7. The van der Waals surface area contributed by atoms with E-state index in [2.05, 4.69) is 5.32 Å². The molecule has 1 aromatic carbocycles. The van der Waals surface area contributed by atoms with Crippen LogP contribution in [-0.4, -0.2) is 18.8 Å². The minimum absolute atomic E-state index is 0.190. The lowest BCUT2D eigenvalue weighted by molar-refractivity contribution is -0.137. The van der Waals surface area contributed by atoms with Crippen molar-refractivity contribution in [2.75, 3.05) is 11.9 Å². The van der Waals surface area contributed by atoms with Crippen LogP contribution in [0.5, 0.6) is 0 Å². The molecule has 0 atom stereocenters. The number of nitriles is 1. The van der Waals surface area contributed by atoms with E-state index in [4.69, 9.17) is 10.00 Å². The molecule has 3 nitrogen and oxygen atoms in total. The van der Waals surface area contributed by atoms with Crippen LogP contribution in [0.15, 0.2) is 18.2 Å². The first-order valence-corrected chi connectivity index (χ1v) is 6.43. The molecule has 0 unspecified atom stereocenters. The normalized spacial score (nSPS) is 21.9. The maximum atomic E-state index is 12.7. The molecule has 0 heterocycles. The van der Waals surface area contributed by atoms with Gasteiger partial charge in [-0.15, -0.1) is 0 Å². The van der Waals surface area contributed by atoms with Crippen molar-refractivity contribution in [1.29, 1.82) is 5.26 Å². The first kappa shape index (κ1) is 14.7. The van der Waals surface area contributed by atoms with Crippen molar-refractivity contribution < 1.29 is 17.9 Å². The first-order valence-electron chi connectivity index (χ1n) is 6.43. The first-order chi connectivity index (χ1) is 9.44.